The number of rotatable bonds is 4. The van der Waals surface area contributed by atoms with Crippen molar-refractivity contribution in [1.82, 2.24) is 4.72 Å². The third kappa shape index (κ3) is 3.18. The minimum absolute atomic E-state index is 0.0479. The van der Waals surface area contributed by atoms with E-state index in [9.17, 15) is 8.42 Å². The summed E-state index contributed by atoms with van der Waals surface area (Å²) in [5.74, 6) is 0.436. The van der Waals surface area contributed by atoms with Crippen LogP contribution in [-0.4, -0.2) is 19.7 Å². The van der Waals surface area contributed by atoms with Crippen LogP contribution in [0.25, 0.3) is 0 Å². The van der Waals surface area contributed by atoms with Crippen LogP contribution in [0.1, 0.15) is 39.5 Å². The van der Waals surface area contributed by atoms with Gasteiger partial charge in [0.25, 0.3) is 0 Å². The molecule has 4 nitrogen and oxygen atoms in total. The van der Waals surface area contributed by atoms with Gasteiger partial charge in [-0.3, -0.25) is 0 Å². The van der Waals surface area contributed by atoms with Crippen LogP contribution in [0.2, 0.25) is 0 Å². The number of hydrogen-bond donors (Lipinski definition) is 1. The summed E-state index contributed by atoms with van der Waals surface area (Å²) in [6, 6.07) is 1.70. The second-order valence-corrected chi connectivity index (χ2v) is 6.30. The fourth-order valence-corrected chi connectivity index (χ4v) is 3.04. The SMILES string of the molecule is CC(NS(=O)(=O)C(C)C#N)C1CCCC1. The molecule has 1 rings (SSSR count). The Morgan fingerprint density at radius 2 is 1.87 bits per heavy atom. The molecule has 0 spiro atoms. The first-order valence-corrected chi connectivity index (χ1v) is 6.92. The molecule has 0 aromatic rings. The molecule has 1 aliphatic rings. The molecule has 15 heavy (non-hydrogen) atoms. The van der Waals surface area contributed by atoms with Crippen LogP contribution in [0.15, 0.2) is 0 Å². The van der Waals surface area contributed by atoms with Gasteiger partial charge >= 0.3 is 0 Å². The average molecular weight is 230 g/mol. The van der Waals surface area contributed by atoms with Gasteiger partial charge in [0, 0.05) is 6.04 Å². The average Bonchev–Trinajstić information content (AvgIpc) is 2.68. The van der Waals surface area contributed by atoms with Crippen LogP contribution in [0.3, 0.4) is 0 Å². The molecule has 0 amide bonds. The Bertz CT molecular complexity index is 339. The topological polar surface area (TPSA) is 70.0 Å². The Morgan fingerprint density at radius 1 is 1.33 bits per heavy atom. The lowest BCUT2D eigenvalue weighted by molar-refractivity contribution is 0.423. The van der Waals surface area contributed by atoms with E-state index in [0.717, 1.165) is 12.8 Å². The van der Waals surface area contributed by atoms with E-state index in [1.54, 1.807) is 6.07 Å². The van der Waals surface area contributed by atoms with Gasteiger partial charge in [-0.1, -0.05) is 12.8 Å². The molecular weight excluding hydrogens is 212 g/mol. The second kappa shape index (κ2) is 4.95. The molecule has 1 N–H and O–H groups in total. The van der Waals surface area contributed by atoms with Gasteiger partial charge in [0.2, 0.25) is 10.0 Å². The summed E-state index contributed by atoms with van der Waals surface area (Å²) in [4.78, 5) is 0. The number of nitrogens with zero attached hydrogens (tertiary/aromatic N) is 1. The third-order valence-corrected chi connectivity index (χ3v) is 4.84. The van der Waals surface area contributed by atoms with Gasteiger partial charge in [0.05, 0.1) is 6.07 Å². The van der Waals surface area contributed by atoms with Crippen molar-refractivity contribution in [1.29, 1.82) is 5.26 Å². The Hall–Kier alpha value is -0.600. The predicted octanol–water partition coefficient (Wildman–Crippen LogP) is 1.40. The maximum atomic E-state index is 11.6. The lowest BCUT2D eigenvalue weighted by Crippen LogP contribution is -2.41. The quantitative estimate of drug-likeness (QED) is 0.793. The van der Waals surface area contributed by atoms with E-state index in [2.05, 4.69) is 4.72 Å². The van der Waals surface area contributed by atoms with E-state index in [1.807, 2.05) is 6.92 Å². The molecular formula is C10H18N2O2S. The normalized spacial score (nSPS) is 22.2. The zero-order chi connectivity index (χ0) is 11.5. The first-order valence-electron chi connectivity index (χ1n) is 5.38. The van der Waals surface area contributed by atoms with E-state index in [1.165, 1.54) is 19.8 Å². The number of nitriles is 1. The van der Waals surface area contributed by atoms with E-state index in [4.69, 9.17) is 5.26 Å². The van der Waals surface area contributed by atoms with Crippen LogP contribution >= 0.6 is 0 Å². The summed E-state index contributed by atoms with van der Waals surface area (Å²) in [5.41, 5.74) is 0. The molecule has 0 aromatic heterocycles. The van der Waals surface area contributed by atoms with E-state index in [0.29, 0.717) is 5.92 Å². The van der Waals surface area contributed by atoms with E-state index in [-0.39, 0.29) is 6.04 Å². The van der Waals surface area contributed by atoms with Crippen molar-refractivity contribution in [2.24, 2.45) is 5.92 Å². The Labute approximate surface area is 91.7 Å². The van der Waals surface area contributed by atoms with Crippen LogP contribution < -0.4 is 4.72 Å². The Kier molecular flexibility index (Phi) is 4.12. The number of sulfonamides is 1. The monoisotopic (exact) mass is 230 g/mol. The highest BCUT2D eigenvalue weighted by atomic mass is 32.2. The summed E-state index contributed by atoms with van der Waals surface area (Å²) in [5, 5.41) is 7.61. The van der Waals surface area contributed by atoms with Gasteiger partial charge in [0.1, 0.15) is 0 Å². The summed E-state index contributed by atoms with van der Waals surface area (Å²) < 4.78 is 25.8. The van der Waals surface area contributed by atoms with Crippen molar-refractivity contribution in [3.8, 4) is 6.07 Å². The van der Waals surface area contributed by atoms with Crippen molar-refractivity contribution >= 4 is 10.0 Å². The first-order chi connectivity index (χ1) is 6.97. The fourth-order valence-electron chi connectivity index (χ4n) is 1.98. The molecule has 1 saturated carbocycles. The largest absolute Gasteiger partial charge is 0.227 e. The van der Waals surface area contributed by atoms with Crippen molar-refractivity contribution in [3.63, 3.8) is 0 Å². The molecule has 2 atom stereocenters. The van der Waals surface area contributed by atoms with Gasteiger partial charge < -0.3 is 0 Å². The molecule has 0 aromatic carbocycles. The Balaban J connectivity index is 2.57. The van der Waals surface area contributed by atoms with E-state index < -0.39 is 15.3 Å². The highest BCUT2D eigenvalue weighted by Crippen LogP contribution is 2.27. The maximum absolute atomic E-state index is 11.6. The van der Waals surface area contributed by atoms with Gasteiger partial charge in [0.15, 0.2) is 5.25 Å². The smallest absolute Gasteiger partial charge is 0.211 e. The third-order valence-electron chi connectivity index (χ3n) is 3.10. The highest BCUT2D eigenvalue weighted by molar-refractivity contribution is 7.90. The first kappa shape index (κ1) is 12.5. The minimum atomic E-state index is -3.46. The summed E-state index contributed by atoms with van der Waals surface area (Å²) in [7, 11) is -3.46. The Morgan fingerprint density at radius 3 is 2.33 bits per heavy atom. The van der Waals surface area contributed by atoms with Gasteiger partial charge in [-0.15, -0.1) is 0 Å². The van der Waals surface area contributed by atoms with Crippen molar-refractivity contribution in [3.05, 3.63) is 0 Å². The fraction of sp³-hybridized carbons (Fsp3) is 0.900. The predicted molar refractivity (Wildman–Crippen MR) is 58.6 cm³/mol. The summed E-state index contributed by atoms with van der Waals surface area (Å²) >= 11 is 0. The highest BCUT2D eigenvalue weighted by Gasteiger charge is 2.28. The molecule has 0 radical (unpaired) electrons. The van der Waals surface area contributed by atoms with Crippen LogP contribution in [0.4, 0.5) is 0 Å². The standard InChI is InChI=1S/C10H18N2O2S/c1-8(7-11)15(13,14)12-9(2)10-5-3-4-6-10/h8-10,12H,3-6H2,1-2H3. The van der Waals surface area contributed by atoms with E-state index >= 15 is 0 Å². The lowest BCUT2D eigenvalue weighted by atomic mass is 10.0. The molecule has 0 aliphatic heterocycles. The molecule has 86 valence electrons. The number of nitrogens with one attached hydrogen (secondary N) is 1. The summed E-state index contributed by atoms with van der Waals surface area (Å²) in [6.45, 7) is 3.29. The lowest BCUT2D eigenvalue weighted by Gasteiger charge is -2.20. The molecule has 1 aliphatic carbocycles. The van der Waals surface area contributed by atoms with Gasteiger partial charge in [-0.05, 0) is 32.6 Å². The molecule has 0 saturated heterocycles. The zero-order valence-corrected chi connectivity index (χ0v) is 10.0. The minimum Gasteiger partial charge on any atom is -0.211 e. The number of hydrogen-bond acceptors (Lipinski definition) is 3. The zero-order valence-electron chi connectivity index (χ0n) is 9.23. The maximum Gasteiger partial charge on any atom is 0.227 e. The van der Waals surface area contributed by atoms with Crippen molar-refractivity contribution in [2.75, 3.05) is 0 Å². The molecule has 5 heteroatoms. The summed E-state index contributed by atoms with van der Waals surface area (Å²) in [6.07, 6.45) is 4.55. The van der Waals surface area contributed by atoms with Crippen molar-refractivity contribution < 1.29 is 8.42 Å². The van der Waals surface area contributed by atoms with Crippen LogP contribution in [-0.2, 0) is 10.0 Å². The van der Waals surface area contributed by atoms with Crippen LogP contribution in [0, 0.1) is 17.2 Å². The molecule has 0 bridgehead atoms. The van der Waals surface area contributed by atoms with Gasteiger partial charge in [-0.25, -0.2) is 13.1 Å². The molecule has 1 fully saturated rings. The van der Waals surface area contributed by atoms with Crippen LogP contribution in [0.5, 0.6) is 0 Å². The second-order valence-electron chi connectivity index (χ2n) is 4.27. The molecule has 2 unspecified atom stereocenters. The molecule has 0 heterocycles. The van der Waals surface area contributed by atoms with Gasteiger partial charge in [-0.2, -0.15) is 5.26 Å². The van der Waals surface area contributed by atoms with Crippen molar-refractivity contribution in [2.45, 2.75) is 50.8 Å².